The molecule has 5 N–H and O–H groups in total. The average Bonchev–Trinajstić information content (AvgIpc) is 2.79. The highest BCUT2D eigenvalue weighted by atomic mass is 35.5. The zero-order valence-corrected chi connectivity index (χ0v) is 18.3. The molecule has 0 spiro atoms. The van der Waals surface area contributed by atoms with Crippen LogP contribution in [-0.4, -0.2) is 33.1 Å². The summed E-state index contributed by atoms with van der Waals surface area (Å²) in [7, 11) is 0. The van der Waals surface area contributed by atoms with Gasteiger partial charge < -0.3 is 15.9 Å². The van der Waals surface area contributed by atoms with Gasteiger partial charge in [-0.1, -0.05) is 66.2 Å². The Labute approximate surface area is 196 Å². The summed E-state index contributed by atoms with van der Waals surface area (Å²) in [6.07, 6.45) is 3.55. The molecular weight excluding hydrogens is 444 g/mol. The van der Waals surface area contributed by atoms with E-state index >= 15 is 0 Å². The summed E-state index contributed by atoms with van der Waals surface area (Å²) in [5.74, 6) is -1.90. The number of rotatable bonds is 7. The maximum absolute atomic E-state index is 9.55. The van der Waals surface area contributed by atoms with Crippen molar-refractivity contribution in [1.82, 2.24) is 4.98 Å². The first kappa shape index (κ1) is 25.1. The summed E-state index contributed by atoms with van der Waals surface area (Å²) in [6, 6.07) is 21.6. The van der Waals surface area contributed by atoms with Crippen molar-refractivity contribution < 1.29 is 19.8 Å². The molecule has 2 aromatic carbocycles. The lowest BCUT2D eigenvalue weighted by molar-refractivity contribution is -0.134. The van der Waals surface area contributed by atoms with Crippen LogP contribution in [0.15, 0.2) is 85.1 Å². The lowest BCUT2D eigenvalue weighted by atomic mass is 10.1. The molecule has 0 fully saturated rings. The number of hydrogen-bond donors (Lipinski definition) is 4. The van der Waals surface area contributed by atoms with E-state index in [0.717, 1.165) is 17.5 Å². The van der Waals surface area contributed by atoms with E-state index in [9.17, 15) is 9.59 Å². The lowest BCUT2D eigenvalue weighted by Gasteiger charge is -2.24. The van der Waals surface area contributed by atoms with Crippen molar-refractivity contribution in [3.63, 3.8) is 0 Å². The quantitative estimate of drug-likeness (QED) is 0.235. The Morgan fingerprint density at radius 3 is 2.09 bits per heavy atom. The van der Waals surface area contributed by atoms with E-state index in [1.807, 2.05) is 54.6 Å². The summed E-state index contributed by atoms with van der Waals surface area (Å²) in [6.45, 7) is 0.397. The van der Waals surface area contributed by atoms with E-state index in [1.54, 1.807) is 11.1 Å². The number of hydrogen-bond acceptors (Lipinski definition) is 4. The SMILES string of the molecule is N=C(N)N(Cc1ccccc1Cl)c1ncccc1Cc1ccccc1.O=C(O)/C=C\C(=O)O. The van der Waals surface area contributed by atoms with Gasteiger partial charge in [0, 0.05) is 29.8 Å². The third-order valence-electron chi connectivity index (χ3n) is 4.31. The summed E-state index contributed by atoms with van der Waals surface area (Å²) >= 11 is 6.27. The van der Waals surface area contributed by atoms with E-state index in [0.29, 0.717) is 29.5 Å². The Balaban J connectivity index is 0.000000414. The van der Waals surface area contributed by atoms with Crippen molar-refractivity contribution in [2.45, 2.75) is 13.0 Å². The number of halogens is 1. The molecule has 3 rings (SSSR count). The first-order valence-corrected chi connectivity index (χ1v) is 10.1. The van der Waals surface area contributed by atoms with Crippen molar-refractivity contribution in [2.24, 2.45) is 5.73 Å². The number of benzene rings is 2. The maximum Gasteiger partial charge on any atom is 0.328 e. The van der Waals surface area contributed by atoms with Crippen molar-refractivity contribution in [2.75, 3.05) is 4.90 Å². The minimum absolute atomic E-state index is 0.0621. The number of nitrogens with zero attached hydrogens (tertiary/aromatic N) is 2. The van der Waals surface area contributed by atoms with E-state index in [4.69, 9.17) is 33.0 Å². The van der Waals surface area contributed by atoms with Gasteiger partial charge in [0.2, 0.25) is 0 Å². The molecule has 0 atom stereocenters. The summed E-state index contributed by atoms with van der Waals surface area (Å²) in [4.78, 5) is 25.3. The number of nitrogens with one attached hydrogen (secondary N) is 1. The zero-order chi connectivity index (χ0) is 24.2. The number of anilines is 1. The number of carboxylic acid groups (broad SMARTS) is 2. The molecule has 0 saturated carbocycles. The Morgan fingerprint density at radius 1 is 0.939 bits per heavy atom. The molecule has 33 heavy (non-hydrogen) atoms. The van der Waals surface area contributed by atoms with Crippen molar-refractivity contribution in [1.29, 1.82) is 5.41 Å². The molecule has 0 aliphatic heterocycles. The van der Waals surface area contributed by atoms with Gasteiger partial charge in [-0.3, -0.25) is 10.3 Å². The number of guanidine groups is 1. The van der Waals surface area contributed by atoms with Crippen LogP contribution in [-0.2, 0) is 22.6 Å². The molecular formula is C24H23ClN4O4. The van der Waals surface area contributed by atoms with Crippen LogP contribution in [0, 0.1) is 5.41 Å². The second-order valence-corrected chi connectivity index (χ2v) is 7.13. The fraction of sp³-hybridized carbons (Fsp3) is 0.0833. The predicted octanol–water partition coefficient (Wildman–Crippen LogP) is 3.94. The number of carbonyl (C=O) groups is 2. The van der Waals surface area contributed by atoms with Crippen LogP contribution in [0.4, 0.5) is 5.82 Å². The smallest absolute Gasteiger partial charge is 0.328 e. The monoisotopic (exact) mass is 466 g/mol. The molecule has 170 valence electrons. The highest BCUT2D eigenvalue weighted by Gasteiger charge is 2.17. The normalized spacial score (nSPS) is 10.2. The minimum atomic E-state index is -1.26. The van der Waals surface area contributed by atoms with Crippen LogP contribution < -0.4 is 10.6 Å². The van der Waals surface area contributed by atoms with Gasteiger partial charge in [0.05, 0.1) is 6.54 Å². The highest BCUT2D eigenvalue weighted by Crippen LogP contribution is 2.24. The Morgan fingerprint density at radius 2 is 1.52 bits per heavy atom. The molecule has 0 unspecified atom stereocenters. The highest BCUT2D eigenvalue weighted by molar-refractivity contribution is 6.31. The fourth-order valence-corrected chi connectivity index (χ4v) is 3.04. The standard InChI is InChI=1S/C20H19ClN4.C4H4O4/c21-18-11-5-4-9-17(18)14-25(20(22)23)19-16(10-6-12-24-19)13-15-7-2-1-3-8-15;5-3(6)1-2-4(7)8/h1-12H,13-14H2,(H3,22,23);1-2H,(H,5,6)(H,7,8)/b;2-1-. The number of aliphatic carboxylic acids is 2. The van der Waals surface area contributed by atoms with Gasteiger partial charge in [-0.15, -0.1) is 0 Å². The molecule has 9 heteroatoms. The van der Waals surface area contributed by atoms with Gasteiger partial charge in [0.15, 0.2) is 5.96 Å². The van der Waals surface area contributed by atoms with Gasteiger partial charge in [-0.2, -0.15) is 0 Å². The van der Waals surface area contributed by atoms with Gasteiger partial charge >= 0.3 is 11.9 Å². The number of carboxylic acids is 2. The van der Waals surface area contributed by atoms with Gasteiger partial charge in [0.1, 0.15) is 5.82 Å². The van der Waals surface area contributed by atoms with Crippen LogP contribution in [0.5, 0.6) is 0 Å². The first-order chi connectivity index (χ1) is 15.8. The minimum Gasteiger partial charge on any atom is -0.478 e. The molecule has 0 radical (unpaired) electrons. The molecule has 0 aliphatic rings. The number of pyridine rings is 1. The lowest BCUT2D eigenvalue weighted by Crippen LogP contribution is -2.37. The molecule has 3 aromatic rings. The first-order valence-electron chi connectivity index (χ1n) is 9.74. The van der Waals surface area contributed by atoms with Crippen molar-refractivity contribution in [3.05, 3.63) is 107 Å². The largest absolute Gasteiger partial charge is 0.478 e. The van der Waals surface area contributed by atoms with Crippen LogP contribution in [0.1, 0.15) is 16.7 Å². The molecule has 1 heterocycles. The summed E-state index contributed by atoms with van der Waals surface area (Å²) in [5, 5.41) is 24.3. The molecule has 0 amide bonds. The van der Waals surface area contributed by atoms with E-state index < -0.39 is 11.9 Å². The second-order valence-electron chi connectivity index (χ2n) is 6.72. The topological polar surface area (TPSA) is 141 Å². The summed E-state index contributed by atoms with van der Waals surface area (Å²) in [5.41, 5.74) is 8.94. The van der Waals surface area contributed by atoms with Gasteiger partial charge in [-0.05, 0) is 28.8 Å². The average molecular weight is 467 g/mol. The number of nitrogens with two attached hydrogens (primary N) is 1. The third-order valence-corrected chi connectivity index (χ3v) is 4.67. The molecule has 0 saturated heterocycles. The molecule has 0 bridgehead atoms. The Bertz CT molecular complexity index is 1120. The van der Waals surface area contributed by atoms with Gasteiger partial charge in [0.25, 0.3) is 0 Å². The molecule has 8 nitrogen and oxygen atoms in total. The van der Waals surface area contributed by atoms with Gasteiger partial charge in [-0.25, -0.2) is 14.6 Å². The van der Waals surface area contributed by atoms with Crippen LogP contribution in [0.3, 0.4) is 0 Å². The van der Waals surface area contributed by atoms with E-state index in [1.165, 1.54) is 5.56 Å². The van der Waals surface area contributed by atoms with Crippen LogP contribution >= 0.6 is 11.6 Å². The Hall–Kier alpha value is -4.17. The fourth-order valence-electron chi connectivity index (χ4n) is 2.84. The van der Waals surface area contributed by atoms with Crippen molar-refractivity contribution >= 4 is 35.3 Å². The van der Waals surface area contributed by atoms with Crippen LogP contribution in [0.25, 0.3) is 0 Å². The Kier molecular flexibility index (Phi) is 9.60. The van der Waals surface area contributed by atoms with E-state index in [-0.39, 0.29) is 5.96 Å². The number of aromatic nitrogens is 1. The second kappa shape index (κ2) is 12.6. The molecule has 1 aromatic heterocycles. The zero-order valence-electron chi connectivity index (χ0n) is 17.6. The predicted molar refractivity (Wildman–Crippen MR) is 127 cm³/mol. The molecule has 0 aliphatic carbocycles. The van der Waals surface area contributed by atoms with E-state index in [2.05, 4.69) is 17.1 Å². The third kappa shape index (κ3) is 8.47. The van der Waals surface area contributed by atoms with Crippen LogP contribution in [0.2, 0.25) is 5.02 Å². The maximum atomic E-state index is 9.55. The van der Waals surface area contributed by atoms with Crippen molar-refractivity contribution in [3.8, 4) is 0 Å². The summed E-state index contributed by atoms with van der Waals surface area (Å²) < 4.78 is 0.